The van der Waals surface area contributed by atoms with Gasteiger partial charge in [0, 0.05) is 4.88 Å². The van der Waals surface area contributed by atoms with Crippen LogP contribution in [0.3, 0.4) is 0 Å². The van der Waals surface area contributed by atoms with E-state index in [1.807, 2.05) is 0 Å². The Morgan fingerprint density at radius 2 is 2.00 bits per heavy atom. The molecule has 0 saturated carbocycles. The molecule has 0 spiro atoms. The standard InChI is InChI=1S/C9H11NO5S/c10-7(12)3-4(11)8(13)5-1-2-6(16-5)9(14)15/h1-2,4,8,11,13H,3H2,(H2,10,12)(H,14,15). The number of carbonyl (C=O) groups excluding carboxylic acids is 1. The number of hydrogen-bond donors (Lipinski definition) is 4. The summed E-state index contributed by atoms with van der Waals surface area (Å²) in [6.45, 7) is 0. The molecule has 0 aliphatic heterocycles. The summed E-state index contributed by atoms with van der Waals surface area (Å²) in [6, 6.07) is 2.71. The molecule has 0 bridgehead atoms. The van der Waals surface area contributed by atoms with Gasteiger partial charge in [-0.2, -0.15) is 0 Å². The van der Waals surface area contributed by atoms with Gasteiger partial charge in [-0.25, -0.2) is 4.79 Å². The number of carboxylic acids is 1. The number of nitrogens with two attached hydrogens (primary N) is 1. The third-order valence-corrected chi connectivity index (χ3v) is 3.05. The number of amides is 1. The average Bonchev–Trinajstić information content (AvgIpc) is 2.64. The third kappa shape index (κ3) is 3.02. The lowest BCUT2D eigenvalue weighted by Gasteiger charge is -2.14. The highest BCUT2D eigenvalue weighted by atomic mass is 32.1. The number of aliphatic hydroxyl groups is 2. The lowest BCUT2D eigenvalue weighted by molar-refractivity contribution is -0.121. The molecular formula is C9H11NO5S. The molecule has 1 aromatic rings. The van der Waals surface area contributed by atoms with Crippen LogP contribution in [0.15, 0.2) is 12.1 Å². The normalized spacial score (nSPS) is 14.4. The first kappa shape index (κ1) is 12.6. The van der Waals surface area contributed by atoms with Crippen molar-refractivity contribution in [2.45, 2.75) is 18.6 Å². The lowest BCUT2D eigenvalue weighted by atomic mass is 10.1. The van der Waals surface area contributed by atoms with E-state index in [-0.39, 0.29) is 16.2 Å². The van der Waals surface area contributed by atoms with Crippen LogP contribution in [-0.4, -0.2) is 33.3 Å². The zero-order valence-corrected chi connectivity index (χ0v) is 8.98. The smallest absolute Gasteiger partial charge is 0.345 e. The van der Waals surface area contributed by atoms with Crippen molar-refractivity contribution in [2.75, 3.05) is 0 Å². The molecule has 0 fully saturated rings. The molecule has 0 aromatic carbocycles. The quantitative estimate of drug-likeness (QED) is 0.568. The summed E-state index contributed by atoms with van der Waals surface area (Å²) in [6.07, 6.45) is -3.00. The minimum absolute atomic E-state index is 0.0559. The fourth-order valence-electron chi connectivity index (χ4n) is 1.13. The second-order valence-corrected chi connectivity index (χ2v) is 4.31. The Labute approximate surface area is 94.9 Å². The molecule has 1 rings (SSSR count). The average molecular weight is 245 g/mol. The Balaban J connectivity index is 2.75. The van der Waals surface area contributed by atoms with Crippen LogP contribution in [-0.2, 0) is 4.79 Å². The number of hydrogen-bond acceptors (Lipinski definition) is 5. The van der Waals surface area contributed by atoms with Crippen LogP contribution in [0, 0.1) is 0 Å². The summed E-state index contributed by atoms with van der Waals surface area (Å²) in [5.74, 6) is -1.84. The van der Waals surface area contributed by atoms with Crippen molar-refractivity contribution in [3.63, 3.8) is 0 Å². The van der Waals surface area contributed by atoms with Crippen LogP contribution in [0.25, 0.3) is 0 Å². The number of carboxylic acid groups (broad SMARTS) is 1. The zero-order chi connectivity index (χ0) is 12.3. The van der Waals surface area contributed by atoms with E-state index in [1.165, 1.54) is 12.1 Å². The Bertz CT molecular complexity index is 402. The fourth-order valence-corrected chi connectivity index (χ4v) is 2.03. The van der Waals surface area contributed by atoms with E-state index in [4.69, 9.17) is 10.8 Å². The van der Waals surface area contributed by atoms with Crippen LogP contribution in [0.1, 0.15) is 27.1 Å². The number of primary amides is 1. The maximum absolute atomic E-state index is 10.6. The van der Waals surface area contributed by atoms with Gasteiger partial charge in [0.25, 0.3) is 0 Å². The Hall–Kier alpha value is -1.44. The van der Waals surface area contributed by atoms with Crippen molar-refractivity contribution >= 4 is 23.2 Å². The fraction of sp³-hybridized carbons (Fsp3) is 0.333. The van der Waals surface area contributed by atoms with Gasteiger partial charge in [-0.1, -0.05) is 0 Å². The maximum atomic E-state index is 10.6. The number of aliphatic hydroxyl groups excluding tert-OH is 2. The van der Waals surface area contributed by atoms with Crippen LogP contribution in [0.2, 0.25) is 0 Å². The molecule has 2 unspecified atom stereocenters. The van der Waals surface area contributed by atoms with Crippen LogP contribution in [0.4, 0.5) is 0 Å². The largest absolute Gasteiger partial charge is 0.477 e. The number of aromatic carboxylic acids is 1. The number of rotatable bonds is 5. The molecule has 0 aliphatic rings. The Morgan fingerprint density at radius 1 is 1.38 bits per heavy atom. The van der Waals surface area contributed by atoms with E-state index < -0.39 is 24.1 Å². The lowest BCUT2D eigenvalue weighted by Crippen LogP contribution is -2.25. The molecule has 2 atom stereocenters. The van der Waals surface area contributed by atoms with Crippen molar-refractivity contribution in [3.05, 3.63) is 21.9 Å². The van der Waals surface area contributed by atoms with E-state index in [2.05, 4.69) is 0 Å². The Morgan fingerprint density at radius 3 is 2.44 bits per heavy atom. The second kappa shape index (κ2) is 5.06. The zero-order valence-electron chi connectivity index (χ0n) is 8.16. The first-order chi connectivity index (χ1) is 7.41. The van der Waals surface area contributed by atoms with Crippen molar-refractivity contribution in [3.8, 4) is 0 Å². The summed E-state index contributed by atoms with van der Waals surface area (Å²) in [4.78, 5) is 21.4. The highest BCUT2D eigenvalue weighted by molar-refractivity contribution is 7.14. The summed E-state index contributed by atoms with van der Waals surface area (Å²) in [7, 11) is 0. The van der Waals surface area contributed by atoms with Crippen molar-refractivity contribution in [1.82, 2.24) is 0 Å². The van der Waals surface area contributed by atoms with Crippen LogP contribution < -0.4 is 5.73 Å². The molecule has 5 N–H and O–H groups in total. The van der Waals surface area contributed by atoms with Gasteiger partial charge in [-0.3, -0.25) is 4.79 Å². The topological polar surface area (TPSA) is 121 Å². The third-order valence-electron chi connectivity index (χ3n) is 1.90. The summed E-state index contributed by atoms with van der Waals surface area (Å²) in [5, 5.41) is 27.6. The van der Waals surface area contributed by atoms with Crippen molar-refractivity contribution in [1.29, 1.82) is 0 Å². The van der Waals surface area contributed by atoms with Gasteiger partial charge >= 0.3 is 5.97 Å². The summed E-state index contributed by atoms with van der Waals surface area (Å²) in [5.41, 5.74) is 4.86. The van der Waals surface area contributed by atoms with Crippen LogP contribution >= 0.6 is 11.3 Å². The van der Waals surface area contributed by atoms with E-state index in [9.17, 15) is 19.8 Å². The summed E-state index contributed by atoms with van der Waals surface area (Å²) >= 11 is 0.843. The van der Waals surface area contributed by atoms with E-state index >= 15 is 0 Å². The monoisotopic (exact) mass is 245 g/mol. The van der Waals surface area contributed by atoms with Gasteiger partial charge in [0.1, 0.15) is 11.0 Å². The maximum Gasteiger partial charge on any atom is 0.345 e. The number of thiophene rings is 1. The van der Waals surface area contributed by atoms with E-state index in [1.54, 1.807) is 0 Å². The SMILES string of the molecule is NC(=O)CC(O)C(O)c1ccc(C(=O)O)s1. The van der Waals surface area contributed by atoms with Crippen molar-refractivity contribution < 1.29 is 24.9 Å². The first-order valence-corrected chi connectivity index (χ1v) is 5.21. The molecular weight excluding hydrogens is 234 g/mol. The molecule has 1 amide bonds. The van der Waals surface area contributed by atoms with Crippen molar-refractivity contribution in [2.24, 2.45) is 5.73 Å². The second-order valence-electron chi connectivity index (χ2n) is 3.19. The van der Waals surface area contributed by atoms with Gasteiger partial charge in [0.2, 0.25) is 5.91 Å². The highest BCUT2D eigenvalue weighted by Gasteiger charge is 2.22. The first-order valence-electron chi connectivity index (χ1n) is 4.39. The summed E-state index contributed by atoms with van der Waals surface area (Å²) < 4.78 is 0. The predicted molar refractivity (Wildman–Crippen MR) is 56.1 cm³/mol. The minimum atomic E-state index is -1.32. The van der Waals surface area contributed by atoms with Gasteiger partial charge in [-0.15, -0.1) is 11.3 Å². The highest BCUT2D eigenvalue weighted by Crippen LogP contribution is 2.26. The van der Waals surface area contributed by atoms with Gasteiger partial charge in [0.15, 0.2) is 0 Å². The molecule has 1 aromatic heterocycles. The number of carbonyl (C=O) groups is 2. The van der Waals surface area contributed by atoms with Gasteiger partial charge in [-0.05, 0) is 12.1 Å². The van der Waals surface area contributed by atoms with E-state index in [0.717, 1.165) is 11.3 Å². The molecule has 16 heavy (non-hydrogen) atoms. The molecule has 7 heteroatoms. The predicted octanol–water partition coefficient (Wildman–Crippen LogP) is -0.284. The molecule has 6 nitrogen and oxygen atoms in total. The van der Waals surface area contributed by atoms with E-state index in [0.29, 0.717) is 0 Å². The molecule has 1 heterocycles. The molecule has 0 aliphatic carbocycles. The Kier molecular flexibility index (Phi) is 3.99. The van der Waals surface area contributed by atoms with Crippen LogP contribution in [0.5, 0.6) is 0 Å². The minimum Gasteiger partial charge on any atom is -0.477 e. The molecule has 88 valence electrons. The molecule has 0 saturated heterocycles. The van der Waals surface area contributed by atoms with Gasteiger partial charge < -0.3 is 21.1 Å². The molecule has 0 radical (unpaired) electrons. The van der Waals surface area contributed by atoms with Gasteiger partial charge in [0.05, 0.1) is 12.5 Å².